The molecule has 3 aromatic rings. The summed E-state index contributed by atoms with van der Waals surface area (Å²) in [6.07, 6.45) is 1.59. The largest absolute Gasteiger partial charge is 0.378 e. The minimum absolute atomic E-state index is 0.329. The number of hydrogen-bond donors (Lipinski definition) is 1. The molecule has 2 aromatic carbocycles. The Balaban J connectivity index is 1.65. The van der Waals surface area contributed by atoms with Crippen LogP contribution >= 0.6 is 34.7 Å². The molecule has 0 spiro atoms. The summed E-state index contributed by atoms with van der Waals surface area (Å²) in [5, 5.41) is 5.03. The van der Waals surface area contributed by atoms with Crippen LogP contribution < -0.4 is 10.3 Å². The smallest absolute Gasteiger partial charge is 0.283 e. The van der Waals surface area contributed by atoms with Crippen molar-refractivity contribution in [1.82, 2.24) is 9.80 Å². The number of rotatable bonds is 5. The number of anilines is 1. The molecule has 1 amide bonds. The van der Waals surface area contributed by atoms with Gasteiger partial charge in [0.05, 0.1) is 16.9 Å². The third-order valence-corrected chi connectivity index (χ3v) is 5.07. The van der Waals surface area contributed by atoms with Gasteiger partial charge in [-0.15, -0.1) is 0 Å². The number of aromatic nitrogens is 1. The van der Waals surface area contributed by atoms with Crippen LogP contribution in [0.3, 0.4) is 0 Å². The van der Waals surface area contributed by atoms with Gasteiger partial charge >= 0.3 is 0 Å². The first-order valence-corrected chi connectivity index (χ1v) is 9.50. The quantitative estimate of drug-likeness (QED) is 0.471. The fourth-order valence-corrected chi connectivity index (χ4v) is 3.43. The molecule has 0 atom stereocenters. The molecule has 1 heterocycles. The van der Waals surface area contributed by atoms with Crippen LogP contribution in [0.15, 0.2) is 53.6 Å². The van der Waals surface area contributed by atoms with Crippen molar-refractivity contribution in [2.45, 2.75) is 0 Å². The average Bonchev–Trinajstić information content (AvgIpc) is 3.12. The Labute approximate surface area is 171 Å². The van der Waals surface area contributed by atoms with Crippen LogP contribution in [0.2, 0.25) is 10.0 Å². The lowest BCUT2D eigenvalue weighted by molar-refractivity contribution is 0.0959. The topological polar surface area (TPSA) is 57.6 Å². The Bertz CT molecular complexity index is 984. The Morgan fingerprint density at radius 3 is 2.56 bits per heavy atom. The fraction of sp³-hybridized carbons (Fsp3) is 0.105. The molecule has 0 saturated carbocycles. The molecular formula is C19H16Cl2N4OS. The van der Waals surface area contributed by atoms with Crippen molar-refractivity contribution in [3.8, 4) is 11.3 Å². The van der Waals surface area contributed by atoms with E-state index in [9.17, 15) is 4.79 Å². The van der Waals surface area contributed by atoms with Gasteiger partial charge < -0.3 is 4.90 Å². The first kappa shape index (κ1) is 19.4. The normalized spacial score (nSPS) is 11.0. The van der Waals surface area contributed by atoms with Crippen LogP contribution in [0, 0.1) is 0 Å². The maximum Gasteiger partial charge on any atom is 0.283 e. The zero-order chi connectivity index (χ0) is 19.4. The second kappa shape index (κ2) is 8.52. The molecule has 0 radical (unpaired) electrons. The molecule has 0 aliphatic carbocycles. The highest BCUT2D eigenvalue weighted by molar-refractivity contribution is 7.08. The first-order valence-electron chi connectivity index (χ1n) is 7.97. The first-order chi connectivity index (χ1) is 12.9. The van der Waals surface area contributed by atoms with Gasteiger partial charge in [0, 0.05) is 30.4 Å². The maximum atomic E-state index is 12.2. The molecule has 0 unspecified atom stereocenters. The van der Waals surface area contributed by atoms with Gasteiger partial charge in [0.15, 0.2) is 0 Å². The van der Waals surface area contributed by atoms with Crippen molar-refractivity contribution in [1.29, 1.82) is 0 Å². The van der Waals surface area contributed by atoms with Crippen molar-refractivity contribution < 1.29 is 4.79 Å². The van der Waals surface area contributed by atoms with E-state index in [0.29, 0.717) is 20.6 Å². The van der Waals surface area contributed by atoms with Gasteiger partial charge in [-0.25, -0.2) is 5.43 Å². The highest BCUT2D eigenvalue weighted by atomic mass is 35.5. The van der Waals surface area contributed by atoms with Crippen LogP contribution in [0.25, 0.3) is 11.3 Å². The second-order valence-electron chi connectivity index (χ2n) is 5.89. The van der Waals surface area contributed by atoms with Crippen molar-refractivity contribution >= 4 is 52.5 Å². The number of amides is 1. The van der Waals surface area contributed by atoms with Gasteiger partial charge in [-0.1, -0.05) is 35.3 Å². The predicted molar refractivity (Wildman–Crippen MR) is 113 cm³/mol. The maximum absolute atomic E-state index is 12.2. The molecular weight excluding hydrogens is 403 g/mol. The van der Waals surface area contributed by atoms with Gasteiger partial charge in [0.25, 0.3) is 5.91 Å². The van der Waals surface area contributed by atoms with E-state index in [2.05, 4.69) is 14.9 Å². The summed E-state index contributed by atoms with van der Waals surface area (Å²) in [6.45, 7) is 0. The lowest BCUT2D eigenvalue weighted by atomic mass is 10.1. The molecule has 0 aliphatic heterocycles. The minimum Gasteiger partial charge on any atom is -0.378 e. The summed E-state index contributed by atoms with van der Waals surface area (Å²) in [7, 11) is 3.95. The summed E-state index contributed by atoms with van der Waals surface area (Å²) < 4.78 is 4.29. The van der Waals surface area contributed by atoms with Crippen molar-refractivity contribution in [2.24, 2.45) is 5.10 Å². The van der Waals surface area contributed by atoms with E-state index in [1.165, 1.54) is 0 Å². The number of carbonyl (C=O) groups excluding carboxylic acids is 1. The molecule has 0 aliphatic rings. The number of hydrogen-bond acceptors (Lipinski definition) is 5. The molecule has 138 valence electrons. The molecule has 0 saturated heterocycles. The third-order valence-electron chi connectivity index (χ3n) is 3.73. The summed E-state index contributed by atoms with van der Waals surface area (Å²) in [6, 6.07) is 14.6. The van der Waals surface area contributed by atoms with Crippen molar-refractivity contribution in [3.63, 3.8) is 0 Å². The van der Waals surface area contributed by atoms with Crippen LogP contribution in [-0.4, -0.2) is 30.6 Å². The number of hydrazone groups is 1. The van der Waals surface area contributed by atoms with E-state index in [4.69, 9.17) is 23.2 Å². The van der Waals surface area contributed by atoms with Gasteiger partial charge in [-0.05, 0) is 53.5 Å². The lowest BCUT2D eigenvalue weighted by Crippen LogP contribution is -2.16. The van der Waals surface area contributed by atoms with Gasteiger partial charge in [0.1, 0.15) is 4.88 Å². The predicted octanol–water partition coefficient (Wildman–Crippen LogP) is 4.95. The molecule has 1 N–H and O–H groups in total. The van der Waals surface area contributed by atoms with Crippen LogP contribution in [0.1, 0.15) is 15.2 Å². The van der Waals surface area contributed by atoms with Crippen LogP contribution in [0.4, 0.5) is 5.69 Å². The van der Waals surface area contributed by atoms with Gasteiger partial charge in [-0.3, -0.25) is 4.79 Å². The van der Waals surface area contributed by atoms with Crippen molar-refractivity contribution in [3.05, 3.63) is 69.0 Å². The van der Waals surface area contributed by atoms with Crippen LogP contribution in [0.5, 0.6) is 0 Å². The highest BCUT2D eigenvalue weighted by Crippen LogP contribution is 2.31. The fourth-order valence-electron chi connectivity index (χ4n) is 2.29. The number of benzene rings is 2. The Kier molecular flexibility index (Phi) is 6.11. The zero-order valence-corrected chi connectivity index (χ0v) is 16.9. The Hall–Kier alpha value is -2.41. The SMILES string of the molecule is CN(C)c1ccc(C=NNC(=O)c2cc(-c3ccc(Cl)cc3Cl)ns2)cc1. The molecule has 8 heteroatoms. The molecule has 5 nitrogen and oxygen atoms in total. The van der Waals surface area contributed by atoms with Crippen LogP contribution in [-0.2, 0) is 0 Å². The van der Waals surface area contributed by atoms with Gasteiger partial charge in [0.2, 0.25) is 0 Å². The van der Waals surface area contributed by atoms with Crippen molar-refractivity contribution in [2.75, 3.05) is 19.0 Å². The number of carbonyl (C=O) groups is 1. The standard InChI is InChI=1S/C19H16Cl2N4OS/c1-25(2)14-6-3-12(4-7-14)11-22-23-19(26)18-10-17(24-27-18)15-8-5-13(20)9-16(15)21/h3-11H,1-2H3,(H,23,26). The van der Waals surface area contributed by atoms with E-state index in [-0.39, 0.29) is 5.91 Å². The van der Waals surface area contributed by atoms with E-state index in [1.807, 2.05) is 43.3 Å². The molecule has 0 bridgehead atoms. The second-order valence-corrected chi connectivity index (χ2v) is 7.53. The highest BCUT2D eigenvalue weighted by Gasteiger charge is 2.13. The van der Waals surface area contributed by atoms with E-state index >= 15 is 0 Å². The van der Waals surface area contributed by atoms with E-state index in [1.54, 1.807) is 30.5 Å². The minimum atomic E-state index is -0.329. The van der Waals surface area contributed by atoms with E-state index < -0.39 is 0 Å². The number of nitrogens with one attached hydrogen (secondary N) is 1. The molecule has 0 fully saturated rings. The average molecular weight is 419 g/mol. The molecule has 27 heavy (non-hydrogen) atoms. The third kappa shape index (κ3) is 4.86. The summed E-state index contributed by atoms with van der Waals surface area (Å²) >= 11 is 13.2. The summed E-state index contributed by atoms with van der Waals surface area (Å²) in [4.78, 5) is 14.7. The summed E-state index contributed by atoms with van der Waals surface area (Å²) in [5.74, 6) is -0.329. The van der Waals surface area contributed by atoms with Gasteiger partial charge in [-0.2, -0.15) is 9.47 Å². The molecule has 1 aromatic heterocycles. The number of halogens is 2. The monoisotopic (exact) mass is 418 g/mol. The lowest BCUT2D eigenvalue weighted by Gasteiger charge is -2.11. The Morgan fingerprint density at radius 1 is 1.15 bits per heavy atom. The molecule has 3 rings (SSSR count). The number of nitrogens with zero attached hydrogens (tertiary/aromatic N) is 3. The summed E-state index contributed by atoms with van der Waals surface area (Å²) in [5.41, 5.74) is 5.83. The Morgan fingerprint density at radius 2 is 1.89 bits per heavy atom. The zero-order valence-electron chi connectivity index (χ0n) is 14.6. The van der Waals surface area contributed by atoms with E-state index in [0.717, 1.165) is 28.3 Å².